The summed E-state index contributed by atoms with van der Waals surface area (Å²) in [6.45, 7) is 6.84. The second kappa shape index (κ2) is 4.56. The van der Waals surface area contributed by atoms with Gasteiger partial charge in [-0.2, -0.15) is 0 Å². The minimum absolute atomic E-state index is 0.0223. The molecule has 26 heavy (non-hydrogen) atoms. The molecule has 2 spiro atoms. The third kappa shape index (κ3) is 1.64. The number of aromatic nitrogens is 1. The van der Waals surface area contributed by atoms with Crippen molar-refractivity contribution in [3.05, 3.63) is 33.9 Å². The molecule has 0 radical (unpaired) electrons. The number of rotatable bonds is 0. The smallest absolute Gasteiger partial charge is 0.241 e. The number of H-pyrrole nitrogens is 1. The first-order valence-electron chi connectivity index (χ1n) is 9.74. The van der Waals surface area contributed by atoms with Gasteiger partial charge in [-0.25, -0.2) is 0 Å². The molecule has 7 rings (SSSR count). The van der Waals surface area contributed by atoms with Crippen molar-refractivity contribution in [1.29, 1.82) is 0 Å². The molecule has 3 unspecified atom stereocenters. The van der Waals surface area contributed by atoms with E-state index in [4.69, 9.17) is 0 Å². The quantitative estimate of drug-likeness (QED) is 0.694. The average Bonchev–Trinajstić information content (AvgIpc) is 3.16. The van der Waals surface area contributed by atoms with Crippen molar-refractivity contribution in [3.63, 3.8) is 0 Å². The van der Waals surface area contributed by atoms with Gasteiger partial charge in [-0.3, -0.25) is 9.69 Å². The molecular formula is C21H24BrN3O. The molecule has 1 amide bonds. The number of aromatic amines is 1. The highest BCUT2D eigenvalue weighted by molar-refractivity contribution is 9.10. The summed E-state index contributed by atoms with van der Waals surface area (Å²) in [6, 6.07) is 6.50. The molecule has 1 aromatic carbocycles. The lowest BCUT2D eigenvalue weighted by atomic mass is 9.51. The number of hydrogen-bond donors (Lipinski definition) is 2. The lowest BCUT2D eigenvalue weighted by Crippen LogP contribution is -2.82. The van der Waals surface area contributed by atoms with Crippen LogP contribution in [0, 0.1) is 5.92 Å². The van der Waals surface area contributed by atoms with Crippen molar-refractivity contribution in [2.45, 2.75) is 56.0 Å². The van der Waals surface area contributed by atoms with Gasteiger partial charge in [0.15, 0.2) is 0 Å². The van der Waals surface area contributed by atoms with Crippen LogP contribution in [-0.4, -0.2) is 40.0 Å². The van der Waals surface area contributed by atoms with E-state index in [9.17, 15) is 4.79 Å². The number of piperidine rings is 2. The maximum Gasteiger partial charge on any atom is 0.241 e. The molecule has 1 aromatic heterocycles. The number of hydrogen-bond acceptors (Lipinski definition) is 2. The van der Waals surface area contributed by atoms with Crippen molar-refractivity contribution in [3.8, 4) is 0 Å². The number of amides is 1. The van der Waals surface area contributed by atoms with Gasteiger partial charge >= 0.3 is 0 Å². The third-order valence-electron chi connectivity index (χ3n) is 7.97. The van der Waals surface area contributed by atoms with Crippen LogP contribution in [0.4, 0.5) is 0 Å². The molecule has 2 N–H and O–H groups in total. The van der Waals surface area contributed by atoms with Crippen molar-refractivity contribution < 1.29 is 4.79 Å². The summed E-state index contributed by atoms with van der Waals surface area (Å²) in [5.41, 5.74) is 3.64. The predicted octanol–water partition coefficient (Wildman–Crippen LogP) is 3.49. The zero-order valence-electron chi connectivity index (χ0n) is 15.3. The van der Waals surface area contributed by atoms with Gasteiger partial charge in [-0.15, -0.1) is 0 Å². The maximum atomic E-state index is 13.1. The first-order chi connectivity index (χ1) is 12.4. The van der Waals surface area contributed by atoms with Crippen molar-refractivity contribution in [1.82, 2.24) is 15.2 Å². The molecule has 1 aliphatic carbocycles. The fourth-order valence-electron chi connectivity index (χ4n) is 6.81. The number of nitrogens with one attached hydrogen (secondary N) is 2. The van der Waals surface area contributed by atoms with Crippen LogP contribution in [0.5, 0.6) is 0 Å². The molecule has 4 aliphatic heterocycles. The van der Waals surface area contributed by atoms with Crippen LogP contribution in [0.1, 0.15) is 44.4 Å². The van der Waals surface area contributed by atoms with Gasteiger partial charge in [0.1, 0.15) is 5.54 Å². The molecule has 0 saturated carbocycles. The normalized spacial score (nSPS) is 37.3. The zero-order valence-corrected chi connectivity index (χ0v) is 16.9. The zero-order chi connectivity index (χ0) is 17.9. The Morgan fingerprint density at radius 1 is 1.31 bits per heavy atom. The Labute approximate surface area is 161 Å². The molecule has 5 aliphatic rings. The Hall–Kier alpha value is -1.33. The van der Waals surface area contributed by atoms with Crippen molar-refractivity contribution >= 4 is 32.7 Å². The number of piperazine rings is 1. The van der Waals surface area contributed by atoms with Gasteiger partial charge in [0.05, 0.1) is 5.54 Å². The SMILES string of the molecule is CC1(C)c2[nH]c3ccc(Br)cc3c2CC23CN4CCCC4(CC21)C(=O)N3. The molecule has 4 fully saturated rings. The van der Waals surface area contributed by atoms with Crippen LogP contribution in [0.2, 0.25) is 0 Å². The molecule has 4 saturated heterocycles. The molecule has 3 atom stereocenters. The maximum absolute atomic E-state index is 13.1. The van der Waals surface area contributed by atoms with Gasteiger partial charge in [0.25, 0.3) is 0 Å². The van der Waals surface area contributed by atoms with Crippen LogP contribution in [0.3, 0.4) is 0 Å². The minimum Gasteiger partial charge on any atom is -0.358 e. The molecule has 2 aromatic rings. The van der Waals surface area contributed by atoms with Crippen LogP contribution >= 0.6 is 15.9 Å². The molecule has 5 heteroatoms. The van der Waals surface area contributed by atoms with Gasteiger partial charge < -0.3 is 10.3 Å². The molecule has 4 nitrogen and oxygen atoms in total. The Morgan fingerprint density at radius 2 is 2.15 bits per heavy atom. The lowest BCUT2D eigenvalue weighted by Gasteiger charge is -2.65. The molecular weight excluding hydrogens is 390 g/mol. The van der Waals surface area contributed by atoms with E-state index in [1.54, 1.807) is 0 Å². The summed E-state index contributed by atoms with van der Waals surface area (Å²) in [6.07, 6.45) is 4.11. The van der Waals surface area contributed by atoms with E-state index in [1.807, 2.05) is 0 Å². The monoisotopic (exact) mass is 413 g/mol. The van der Waals surface area contributed by atoms with Gasteiger partial charge in [0, 0.05) is 33.0 Å². The summed E-state index contributed by atoms with van der Waals surface area (Å²) < 4.78 is 1.11. The number of benzene rings is 1. The highest BCUT2D eigenvalue weighted by atomic mass is 79.9. The fourth-order valence-corrected chi connectivity index (χ4v) is 7.17. The van der Waals surface area contributed by atoms with E-state index < -0.39 is 0 Å². The third-order valence-corrected chi connectivity index (χ3v) is 8.46. The van der Waals surface area contributed by atoms with Crippen molar-refractivity contribution in [2.24, 2.45) is 5.92 Å². The Morgan fingerprint density at radius 3 is 3.00 bits per heavy atom. The van der Waals surface area contributed by atoms with Gasteiger partial charge in [-0.1, -0.05) is 29.8 Å². The first-order valence-corrected chi connectivity index (χ1v) is 10.5. The number of halogens is 1. The number of carbonyl (C=O) groups is 1. The van der Waals surface area contributed by atoms with Crippen LogP contribution < -0.4 is 5.32 Å². The molecule has 5 heterocycles. The van der Waals surface area contributed by atoms with Gasteiger partial charge in [-0.05, 0) is 61.9 Å². The van der Waals surface area contributed by atoms with E-state index >= 15 is 0 Å². The van der Waals surface area contributed by atoms with E-state index in [2.05, 4.69) is 63.2 Å². The van der Waals surface area contributed by atoms with Crippen LogP contribution in [0.25, 0.3) is 10.9 Å². The topological polar surface area (TPSA) is 48.1 Å². The Balaban J connectivity index is 1.59. The summed E-state index contributed by atoms with van der Waals surface area (Å²) in [4.78, 5) is 19.4. The summed E-state index contributed by atoms with van der Waals surface area (Å²) in [7, 11) is 0. The minimum atomic E-state index is -0.240. The highest BCUT2D eigenvalue weighted by Crippen LogP contribution is 2.58. The summed E-state index contributed by atoms with van der Waals surface area (Å²) in [5, 5.41) is 4.85. The fraction of sp³-hybridized carbons (Fsp3) is 0.571. The van der Waals surface area contributed by atoms with E-state index in [0.717, 1.165) is 43.2 Å². The van der Waals surface area contributed by atoms with E-state index in [1.165, 1.54) is 22.2 Å². The molecule has 2 bridgehead atoms. The Kier molecular flexibility index (Phi) is 2.75. The van der Waals surface area contributed by atoms with Crippen molar-refractivity contribution in [2.75, 3.05) is 13.1 Å². The second-order valence-corrected chi connectivity index (χ2v) is 10.4. The lowest BCUT2D eigenvalue weighted by molar-refractivity contribution is -0.160. The van der Waals surface area contributed by atoms with Gasteiger partial charge in [0.2, 0.25) is 5.91 Å². The number of carbonyl (C=O) groups excluding carboxylic acids is 1. The predicted molar refractivity (Wildman–Crippen MR) is 105 cm³/mol. The number of fused-ring (bicyclic) bond motifs is 4. The average molecular weight is 414 g/mol. The van der Waals surface area contributed by atoms with Crippen LogP contribution in [-0.2, 0) is 16.6 Å². The number of nitrogens with zero attached hydrogens (tertiary/aromatic N) is 1. The standard InChI is InChI=1S/C21H24BrN3O/c1-19(2)16-10-21-6-3-7-25(21)11-20(16,24-18(21)26)9-14-13-8-12(22)4-5-15(13)23-17(14)19/h4-5,8,16,23H,3,6-7,9-11H2,1-2H3,(H,24,26). The molecule has 136 valence electrons. The van der Waals surface area contributed by atoms with E-state index in [-0.39, 0.29) is 22.4 Å². The Bertz CT molecular complexity index is 979. The largest absolute Gasteiger partial charge is 0.358 e. The summed E-state index contributed by atoms with van der Waals surface area (Å²) >= 11 is 3.63. The highest BCUT2D eigenvalue weighted by Gasteiger charge is 2.68. The van der Waals surface area contributed by atoms with E-state index in [0.29, 0.717) is 5.92 Å². The second-order valence-electron chi connectivity index (χ2n) is 9.49. The summed E-state index contributed by atoms with van der Waals surface area (Å²) in [5.74, 6) is 0.767. The first kappa shape index (κ1) is 15.7. The van der Waals surface area contributed by atoms with Crippen LogP contribution in [0.15, 0.2) is 22.7 Å².